The molecule has 3 rings (SSSR count). The van der Waals surface area contributed by atoms with Crippen LogP contribution in [0.5, 0.6) is 0 Å². The number of hydrogen-bond donors (Lipinski definition) is 2. The van der Waals surface area contributed by atoms with Crippen molar-refractivity contribution in [1.82, 2.24) is 4.90 Å². The Kier molecular flexibility index (Phi) is 9.52. The molecule has 2 N–H and O–H groups in total. The molecular formula is C29H43NO4. The standard InChI is InChI=1S/C29H43NO4/c1-19(2)30(20(3)4)29(33)18-34-12-11-23-14-24-17-28(32)26(27(24)16-23)10-9-25(31)15-22-8-6-7-21(5)13-22/h6-10,13-14,19-20,24-28,31-32H,11-12,15-18H2,1-5H3/b10-9+/t24-,25+,26+,27-,28+/m0/s1. The Balaban J connectivity index is 1.45. The van der Waals surface area contributed by atoms with Crippen LogP contribution in [0, 0.1) is 24.7 Å². The number of aryl methyl sites for hydroxylation is 1. The van der Waals surface area contributed by atoms with Crippen LogP contribution in [0.15, 0.2) is 48.1 Å². The molecule has 2 aliphatic rings. The highest BCUT2D eigenvalue weighted by Gasteiger charge is 2.43. The molecule has 0 unspecified atom stereocenters. The van der Waals surface area contributed by atoms with Crippen LogP contribution in [-0.4, -0.2) is 58.5 Å². The Morgan fingerprint density at radius 3 is 2.65 bits per heavy atom. The van der Waals surface area contributed by atoms with Gasteiger partial charge in [-0.25, -0.2) is 0 Å². The van der Waals surface area contributed by atoms with Crippen LogP contribution in [-0.2, 0) is 16.0 Å². The lowest BCUT2D eigenvalue weighted by Crippen LogP contribution is -2.44. The van der Waals surface area contributed by atoms with Gasteiger partial charge in [0.05, 0.1) is 18.8 Å². The van der Waals surface area contributed by atoms with Gasteiger partial charge in [-0.05, 0) is 71.3 Å². The molecule has 188 valence electrons. The van der Waals surface area contributed by atoms with Crippen molar-refractivity contribution in [3.63, 3.8) is 0 Å². The number of amides is 1. The Hall–Kier alpha value is -1.95. The zero-order valence-electron chi connectivity index (χ0n) is 21.5. The largest absolute Gasteiger partial charge is 0.392 e. The van der Waals surface area contributed by atoms with Gasteiger partial charge in [-0.15, -0.1) is 0 Å². The molecule has 0 heterocycles. The van der Waals surface area contributed by atoms with Gasteiger partial charge in [0, 0.05) is 24.4 Å². The minimum absolute atomic E-state index is 0.0415. The van der Waals surface area contributed by atoms with Crippen molar-refractivity contribution in [3.05, 3.63) is 59.2 Å². The maximum Gasteiger partial charge on any atom is 0.249 e. The normalized spacial score (nSPS) is 25.3. The Morgan fingerprint density at radius 2 is 1.97 bits per heavy atom. The van der Waals surface area contributed by atoms with Gasteiger partial charge in [0.2, 0.25) is 5.91 Å². The molecule has 0 spiro atoms. The van der Waals surface area contributed by atoms with Gasteiger partial charge in [0.25, 0.3) is 0 Å². The highest BCUT2D eigenvalue weighted by atomic mass is 16.5. The van der Waals surface area contributed by atoms with E-state index >= 15 is 0 Å². The van der Waals surface area contributed by atoms with Crippen molar-refractivity contribution in [3.8, 4) is 0 Å². The quantitative estimate of drug-likeness (QED) is 0.371. The summed E-state index contributed by atoms with van der Waals surface area (Å²) < 4.78 is 5.72. The van der Waals surface area contributed by atoms with Crippen LogP contribution >= 0.6 is 0 Å². The number of ether oxygens (including phenoxy) is 1. The molecule has 5 nitrogen and oxygen atoms in total. The van der Waals surface area contributed by atoms with E-state index in [0.717, 1.165) is 24.8 Å². The first-order valence-corrected chi connectivity index (χ1v) is 12.8. The number of rotatable bonds is 11. The Labute approximate surface area is 205 Å². The number of aliphatic hydroxyl groups excluding tert-OH is 2. The molecule has 1 amide bonds. The van der Waals surface area contributed by atoms with Crippen LogP contribution in [0.4, 0.5) is 0 Å². The molecule has 1 fully saturated rings. The van der Waals surface area contributed by atoms with Crippen LogP contribution in [0.1, 0.15) is 58.1 Å². The molecule has 0 bridgehead atoms. The first kappa shape index (κ1) is 26.7. The van der Waals surface area contributed by atoms with E-state index in [1.54, 1.807) is 0 Å². The van der Waals surface area contributed by atoms with E-state index in [0.29, 0.717) is 24.9 Å². The van der Waals surface area contributed by atoms with Crippen molar-refractivity contribution in [2.75, 3.05) is 13.2 Å². The predicted molar refractivity (Wildman–Crippen MR) is 136 cm³/mol. The average Bonchev–Trinajstić information content (AvgIpc) is 3.25. The molecule has 5 heteroatoms. The van der Waals surface area contributed by atoms with Crippen LogP contribution in [0.3, 0.4) is 0 Å². The predicted octanol–water partition coefficient (Wildman–Crippen LogP) is 4.45. The minimum atomic E-state index is -0.552. The van der Waals surface area contributed by atoms with E-state index in [1.807, 2.05) is 56.9 Å². The molecule has 0 aromatic heterocycles. The van der Waals surface area contributed by atoms with Crippen molar-refractivity contribution < 1.29 is 19.7 Å². The van der Waals surface area contributed by atoms with Crippen molar-refractivity contribution in [1.29, 1.82) is 0 Å². The third-order valence-electron chi connectivity index (χ3n) is 7.23. The van der Waals surface area contributed by atoms with Gasteiger partial charge in [0.15, 0.2) is 0 Å². The fraction of sp³-hybridized carbons (Fsp3) is 0.621. The lowest BCUT2D eigenvalue weighted by atomic mass is 9.88. The third-order valence-corrected chi connectivity index (χ3v) is 7.23. The van der Waals surface area contributed by atoms with E-state index in [-0.39, 0.29) is 36.6 Å². The van der Waals surface area contributed by atoms with Gasteiger partial charge in [-0.1, -0.05) is 53.6 Å². The van der Waals surface area contributed by atoms with E-state index in [9.17, 15) is 15.0 Å². The summed E-state index contributed by atoms with van der Waals surface area (Å²) in [5.41, 5.74) is 3.67. The lowest BCUT2D eigenvalue weighted by molar-refractivity contribution is -0.139. The Morgan fingerprint density at radius 1 is 1.24 bits per heavy atom. The second kappa shape index (κ2) is 12.1. The molecule has 2 aliphatic carbocycles. The molecule has 1 aromatic carbocycles. The van der Waals surface area contributed by atoms with Crippen molar-refractivity contribution in [2.24, 2.45) is 17.8 Å². The smallest absolute Gasteiger partial charge is 0.249 e. The summed E-state index contributed by atoms with van der Waals surface area (Å²) in [6.45, 7) is 10.8. The molecule has 0 saturated heterocycles. The molecule has 34 heavy (non-hydrogen) atoms. The molecule has 5 atom stereocenters. The van der Waals surface area contributed by atoms with Gasteiger partial charge in [-0.2, -0.15) is 0 Å². The zero-order chi connectivity index (χ0) is 24.8. The molecular weight excluding hydrogens is 426 g/mol. The summed E-state index contributed by atoms with van der Waals surface area (Å²) in [5.74, 6) is 0.873. The summed E-state index contributed by atoms with van der Waals surface area (Å²) in [5, 5.41) is 21.1. The summed E-state index contributed by atoms with van der Waals surface area (Å²) in [6.07, 6.45) is 8.43. The SMILES string of the molecule is Cc1cccc(C[C@H](O)/C=C/[C@@H]2[C@H]3CC(CCOCC(=O)N(C(C)C)C(C)C)=C[C@H]3C[C@H]2O)c1. The second-order valence-corrected chi connectivity index (χ2v) is 10.7. The third kappa shape index (κ3) is 7.03. The number of hydrogen-bond acceptors (Lipinski definition) is 4. The summed E-state index contributed by atoms with van der Waals surface area (Å²) >= 11 is 0. The van der Waals surface area contributed by atoms with Gasteiger partial charge in [-0.3, -0.25) is 4.79 Å². The maximum atomic E-state index is 12.5. The van der Waals surface area contributed by atoms with E-state index < -0.39 is 6.10 Å². The molecule has 1 aromatic rings. The highest BCUT2D eigenvalue weighted by molar-refractivity contribution is 5.78. The zero-order valence-corrected chi connectivity index (χ0v) is 21.5. The minimum Gasteiger partial charge on any atom is -0.392 e. The molecule has 0 radical (unpaired) electrons. The number of nitrogens with zero attached hydrogens (tertiary/aromatic N) is 1. The van der Waals surface area contributed by atoms with Gasteiger partial charge < -0.3 is 19.8 Å². The van der Waals surface area contributed by atoms with Crippen LogP contribution < -0.4 is 0 Å². The summed E-state index contributed by atoms with van der Waals surface area (Å²) in [7, 11) is 0. The van der Waals surface area contributed by atoms with Crippen LogP contribution in [0.25, 0.3) is 0 Å². The molecule has 0 aliphatic heterocycles. The summed E-state index contributed by atoms with van der Waals surface area (Å²) in [6, 6.07) is 8.54. The lowest BCUT2D eigenvalue weighted by Gasteiger charge is -2.30. The highest BCUT2D eigenvalue weighted by Crippen LogP contribution is 2.47. The topological polar surface area (TPSA) is 70.0 Å². The number of carbonyl (C=O) groups is 1. The number of allylic oxidation sites excluding steroid dienone is 1. The monoisotopic (exact) mass is 469 g/mol. The first-order chi connectivity index (χ1) is 16.2. The van der Waals surface area contributed by atoms with E-state index in [1.165, 1.54) is 11.1 Å². The fourth-order valence-electron chi connectivity index (χ4n) is 5.81. The Bertz CT molecular complexity index is 867. The number of aliphatic hydroxyl groups is 2. The van der Waals surface area contributed by atoms with Crippen LogP contribution in [0.2, 0.25) is 0 Å². The average molecular weight is 470 g/mol. The number of carbonyl (C=O) groups excluding carboxylic acids is 1. The fourth-order valence-corrected chi connectivity index (χ4v) is 5.81. The van der Waals surface area contributed by atoms with Crippen molar-refractivity contribution >= 4 is 5.91 Å². The van der Waals surface area contributed by atoms with Gasteiger partial charge >= 0.3 is 0 Å². The molecule has 1 saturated carbocycles. The number of fused-ring (bicyclic) bond motifs is 1. The summed E-state index contributed by atoms with van der Waals surface area (Å²) in [4.78, 5) is 14.3. The first-order valence-electron chi connectivity index (χ1n) is 12.8. The van der Waals surface area contributed by atoms with Crippen molar-refractivity contribution in [2.45, 2.75) is 84.6 Å². The maximum absolute atomic E-state index is 12.5. The number of benzene rings is 1. The van der Waals surface area contributed by atoms with E-state index in [2.05, 4.69) is 25.1 Å². The second-order valence-electron chi connectivity index (χ2n) is 10.7. The van der Waals surface area contributed by atoms with E-state index in [4.69, 9.17) is 4.74 Å². The van der Waals surface area contributed by atoms with Gasteiger partial charge in [0.1, 0.15) is 6.61 Å².